The number of aromatic hydroxyl groups is 1. The van der Waals surface area contributed by atoms with Gasteiger partial charge in [0.05, 0.1) is 5.02 Å². The maximum atomic E-state index is 13.2. The van der Waals surface area contributed by atoms with E-state index in [0.29, 0.717) is 12.0 Å². The molecule has 1 aliphatic heterocycles. The van der Waals surface area contributed by atoms with Crippen molar-refractivity contribution in [1.82, 2.24) is 9.80 Å². The number of hydrogen-bond acceptors (Lipinski definition) is 3. The SMILES string of the molecule is CN1CCN(CCCc2cc(F)cc(Cl)c2O)CC1. The molecule has 5 heteroatoms. The first kappa shape index (κ1) is 14.6. The van der Waals surface area contributed by atoms with Crippen LogP contribution >= 0.6 is 11.6 Å². The van der Waals surface area contributed by atoms with E-state index < -0.39 is 5.82 Å². The lowest BCUT2D eigenvalue weighted by Gasteiger charge is -2.32. The van der Waals surface area contributed by atoms with E-state index in [1.165, 1.54) is 6.07 Å². The van der Waals surface area contributed by atoms with E-state index in [1.54, 1.807) is 0 Å². The molecule has 1 heterocycles. The van der Waals surface area contributed by atoms with E-state index in [2.05, 4.69) is 16.8 Å². The molecule has 0 amide bonds. The van der Waals surface area contributed by atoms with Gasteiger partial charge in [0.1, 0.15) is 11.6 Å². The normalized spacial score (nSPS) is 17.8. The molecule has 106 valence electrons. The Labute approximate surface area is 118 Å². The highest BCUT2D eigenvalue weighted by Crippen LogP contribution is 2.29. The van der Waals surface area contributed by atoms with E-state index in [-0.39, 0.29) is 10.8 Å². The molecule has 1 fully saturated rings. The Morgan fingerprint density at radius 3 is 2.63 bits per heavy atom. The zero-order valence-electron chi connectivity index (χ0n) is 11.2. The Hall–Kier alpha value is -0.840. The van der Waals surface area contributed by atoms with E-state index in [0.717, 1.165) is 45.2 Å². The lowest BCUT2D eigenvalue weighted by molar-refractivity contribution is 0.153. The minimum atomic E-state index is -0.391. The number of benzene rings is 1. The summed E-state index contributed by atoms with van der Waals surface area (Å²) >= 11 is 5.76. The number of phenols is 1. The van der Waals surface area contributed by atoms with Gasteiger partial charge in [-0.15, -0.1) is 0 Å². The molecule has 0 atom stereocenters. The predicted molar refractivity (Wildman–Crippen MR) is 75.3 cm³/mol. The second kappa shape index (κ2) is 6.55. The smallest absolute Gasteiger partial charge is 0.137 e. The summed E-state index contributed by atoms with van der Waals surface area (Å²) in [6.07, 6.45) is 1.55. The molecule has 0 bridgehead atoms. The van der Waals surface area contributed by atoms with E-state index in [9.17, 15) is 9.50 Å². The molecule has 2 rings (SSSR count). The summed E-state index contributed by atoms with van der Waals surface area (Å²) in [6.45, 7) is 5.31. The maximum absolute atomic E-state index is 13.2. The molecule has 1 saturated heterocycles. The lowest BCUT2D eigenvalue weighted by atomic mass is 10.1. The van der Waals surface area contributed by atoms with E-state index >= 15 is 0 Å². The van der Waals surface area contributed by atoms with Crippen molar-refractivity contribution in [1.29, 1.82) is 0 Å². The molecule has 0 aromatic heterocycles. The summed E-state index contributed by atoms with van der Waals surface area (Å²) in [5.74, 6) is -0.376. The minimum absolute atomic E-state index is 0.0152. The molecule has 3 nitrogen and oxygen atoms in total. The van der Waals surface area contributed by atoms with Crippen molar-refractivity contribution in [2.75, 3.05) is 39.8 Å². The van der Waals surface area contributed by atoms with Gasteiger partial charge in [0.25, 0.3) is 0 Å². The van der Waals surface area contributed by atoms with Crippen molar-refractivity contribution >= 4 is 11.6 Å². The fraction of sp³-hybridized carbons (Fsp3) is 0.571. The molecule has 0 spiro atoms. The fourth-order valence-electron chi connectivity index (χ4n) is 2.37. The summed E-state index contributed by atoms with van der Waals surface area (Å²) in [4.78, 5) is 4.71. The molecular formula is C14H20ClFN2O. The highest BCUT2D eigenvalue weighted by Gasteiger charge is 2.14. The highest BCUT2D eigenvalue weighted by atomic mass is 35.5. The fourth-order valence-corrected chi connectivity index (χ4v) is 2.60. The Bertz CT molecular complexity index is 434. The zero-order valence-corrected chi connectivity index (χ0v) is 12.0. The molecule has 1 aromatic carbocycles. The predicted octanol–water partition coefficient (Wildman–Crippen LogP) is 2.36. The molecule has 0 radical (unpaired) electrons. The van der Waals surface area contributed by atoms with Crippen LogP contribution in [-0.2, 0) is 6.42 Å². The first-order valence-electron chi connectivity index (χ1n) is 6.64. The van der Waals surface area contributed by atoms with Crippen LogP contribution in [0.5, 0.6) is 5.75 Å². The zero-order chi connectivity index (χ0) is 13.8. The Morgan fingerprint density at radius 1 is 1.26 bits per heavy atom. The molecule has 1 aromatic rings. The number of hydrogen-bond donors (Lipinski definition) is 1. The second-order valence-electron chi connectivity index (χ2n) is 5.14. The topological polar surface area (TPSA) is 26.7 Å². The third-order valence-electron chi connectivity index (χ3n) is 3.62. The van der Waals surface area contributed by atoms with Gasteiger partial charge in [0, 0.05) is 26.2 Å². The van der Waals surface area contributed by atoms with Gasteiger partial charge in [0.2, 0.25) is 0 Å². The van der Waals surface area contributed by atoms with Crippen LogP contribution in [0.25, 0.3) is 0 Å². The van der Waals surface area contributed by atoms with Gasteiger partial charge < -0.3 is 14.9 Å². The molecule has 0 saturated carbocycles. The largest absolute Gasteiger partial charge is 0.506 e. The number of nitrogens with zero attached hydrogens (tertiary/aromatic N) is 2. The van der Waals surface area contributed by atoms with Crippen LogP contribution in [-0.4, -0.2) is 54.7 Å². The van der Waals surface area contributed by atoms with Crippen molar-refractivity contribution in [3.63, 3.8) is 0 Å². The van der Waals surface area contributed by atoms with Crippen molar-refractivity contribution in [3.8, 4) is 5.75 Å². The van der Waals surface area contributed by atoms with E-state index in [1.807, 2.05) is 0 Å². The summed E-state index contributed by atoms with van der Waals surface area (Å²) in [5.41, 5.74) is 0.596. The first-order chi connectivity index (χ1) is 9.06. The number of likely N-dealkylation sites (N-methyl/N-ethyl adjacent to an activating group) is 1. The number of rotatable bonds is 4. The van der Waals surface area contributed by atoms with Crippen molar-refractivity contribution in [2.24, 2.45) is 0 Å². The average Bonchev–Trinajstić information content (AvgIpc) is 2.37. The summed E-state index contributed by atoms with van der Waals surface area (Å²) in [7, 11) is 2.13. The first-order valence-corrected chi connectivity index (χ1v) is 7.02. The molecule has 19 heavy (non-hydrogen) atoms. The highest BCUT2D eigenvalue weighted by molar-refractivity contribution is 6.32. The van der Waals surface area contributed by atoms with Gasteiger partial charge in [-0.05, 0) is 44.1 Å². The van der Waals surface area contributed by atoms with Gasteiger partial charge in [-0.3, -0.25) is 0 Å². The monoisotopic (exact) mass is 286 g/mol. The summed E-state index contributed by atoms with van der Waals surface area (Å²) in [6, 6.07) is 2.51. The van der Waals surface area contributed by atoms with Gasteiger partial charge in [-0.25, -0.2) is 4.39 Å². The summed E-state index contributed by atoms with van der Waals surface area (Å²) in [5, 5.41) is 9.87. The number of halogens is 2. The molecule has 0 aliphatic carbocycles. The number of piperazine rings is 1. The lowest BCUT2D eigenvalue weighted by Crippen LogP contribution is -2.44. The average molecular weight is 287 g/mol. The molecular weight excluding hydrogens is 267 g/mol. The number of aryl methyl sites for hydroxylation is 1. The van der Waals surface area contributed by atoms with Gasteiger partial charge >= 0.3 is 0 Å². The minimum Gasteiger partial charge on any atom is -0.506 e. The van der Waals surface area contributed by atoms with Gasteiger partial charge in [-0.2, -0.15) is 0 Å². The van der Waals surface area contributed by atoms with Crippen LogP contribution in [0.2, 0.25) is 5.02 Å². The summed E-state index contributed by atoms with van der Waals surface area (Å²) < 4.78 is 13.2. The number of phenolic OH excluding ortho intramolecular Hbond substituents is 1. The Kier molecular flexibility index (Phi) is 5.02. The second-order valence-corrected chi connectivity index (χ2v) is 5.55. The van der Waals surface area contributed by atoms with Crippen LogP contribution in [0.1, 0.15) is 12.0 Å². The van der Waals surface area contributed by atoms with Crippen molar-refractivity contribution in [3.05, 3.63) is 28.5 Å². The van der Waals surface area contributed by atoms with Crippen molar-refractivity contribution in [2.45, 2.75) is 12.8 Å². The molecule has 0 unspecified atom stereocenters. The third kappa shape index (κ3) is 4.06. The third-order valence-corrected chi connectivity index (χ3v) is 3.91. The molecule has 1 aliphatic rings. The molecule has 1 N–H and O–H groups in total. The Balaban J connectivity index is 1.83. The van der Waals surface area contributed by atoms with Crippen LogP contribution in [0.4, 0.5) is 4.39 Å². The van der Waals surface area contributed by atoms with E-state index in [4.69, 9.17) is 11.6 Å². The van der Waals surface area contributed by atoms with Gasteiger partial charge in [0.15, 0.2) is 0 Å². The van der Waals surface area contributed by atoms with Gasteiger partial charge in [-0.1, -0.05) is 11.6 Å². The quantitative estimate of drug-likeness (QED) is 0.920. The van der Waals surface area contributed by atoms with Crippen LogP contribution in [0.15, 0.2) is 12.1 Å². The standard InChI is InChI=1S/C14H20ClFN2O/c1-17-5-7-18(8-6-17)4-2-3-11-9-12(16)10-13(15)14(11)19/h9-10,19H,2-8H2,1H3. The van der Waals surface area contributed by atoms with Crippen LogP contribution < -0.4 is 0 Å². The van der Waals surface area contributed by atoms with Crippen LogP contribution in [0, 0.1) is 5.82 Å². The maximum Gasteiger partial charge on any atom is 0.137 e. The van der Waals surface area contributed by atoms with Crippen molar-refractivity contribution < 1.29 is 9.50 Å². The van der Waals surface area contributed by atoms with Crippen LogP contribution in [0.3, 0.4) is 0 Å². The Morgan fingerprint density at radius 2 is 1.95 bits per heavy atom.